The standard InChI is InChI=1S/C26H24N6O/c33-26-22-15-19(14-18-9-10-23(28-16-18)32-13-5-12-30-32)24-21(8-4-11-27-24)25(22)29-17-31(26)20-6-2-1-3-7-20/h4-5,8-13,15-17,20H,1-3,6-7,14H2. The van der Waals surface area contributed by atoms with Gasteiger partial charge in [-0.25, -0.2) is 14.6 Å². The van der Waals surface area contributed by atoms with Gasteiger partial charge in [-0.15, -0.1) is 0 Å². The molecule has 0 unspecified atom stereocenters. The number of pyridine rings is 2. The van der Waals surface area contributed by atoms with E-state index in [0.29, 0.717) is 11.8 Å². The molecule has 1 aliphatic carbocycles. The monoisotopic (exact) mass is 436 g/mol. The molecule has 1 aromatic carbocycles. The summed E-state index contributed by atoms with van der Waals surface area (Å²) in [5.41, 5.74) is 3.71. The molecule has 1 saturated carbocycles. The molecule has 0 saturated heterocycles. The molecule has 7 heteroatoms. The van der Waals surface area contributed by atoms with Gasteiger partial charge in [-0.05, 0) is 54.3 Å². The van der Waals surface area contributed by atoms with Gasteiger partial charge in [0.2, 0.25) is 0 Å². The van der Waals surface area contributed by atoms with Crippen LogP contribution in [0.4, 0.5) is 0 Å². The molecule has 4 aromatic heterocycles. The van der Waals surface area contributed by atoms with Crippen LogP contribution < -0.4 is 5.56 Å². The van der Waals surface area contributed by atoms with Crippen LogP contribution in [0.15, 0.2) is 72.3 Å². The van der Waals surface area contributed by atoms with Crippen LogP contribution in [0.1, 0.15) is 49.3 Å². The maximum atomic E-state index is 13.5. The van der Waals surface area contributed by atoms with E-state index in [1.54, 1.807) is 23.4 Å². The predicted molar refractivity (Wildman–Crippen MR) is 128 cm³/mol. The van der Waals surface area contributed by atoms with E-state index in [1.165, 1.54) is 19.3 Å². The van der Waals surface area contributed by atoms with Gasteiger partial charge in [0.1, 0.15) is 0 Å². The highest BCUT2D eigenvalue weighted by atomic mass is 16.1. The summed E-state index contributed by atoms with van der Waals surface area (Å²) < 4.78 is 3.59. The van der Waals surface area contributed by atoms with Crippen molar-refractivity contribution in [2.24, 2.45) is 0 Å². The largest absolute Gasteiger partial charge is 0.296 e. The maximum Gasteiger partial charge on any atom is 0.261 e. The molecule has 33 heavy (non-hydrogen) atoms. The third-order valence-corrected chi connectivity index (χ3v) is 6.63. The minimum absolute atomic E-state index is 0.0473. The molecule has 0 atom stereocenters. The average molecular weight is 437 g/mol. The first-order chi connectivity index (χ1) is 16.3. The summed E-state index contributed by atoms with van der Waals surface area (Å²) in [6.07, 6.45) is 15.3. The van der Waals surface area contributed by atoms with Gasteiger partial charge < -0.3 is 0 Å². The Bertz CT molecular complexity index is 1480. The third-order valence-electron chi connectivity index (χ3n) is 6.63. The summed E-state index contributed by atoms with van der Waals surface area (Å²) in [6, 6.07) is 12.0. The van der Waals surface area contributed by atoms with E-state index in [1.807, 2.05) is 53.4 Å². The van der Waals surface area contributed by atoms with Gasteiger partial charge in [-0.1, -0.05) is 25.3 Å². The molecule has 1 aliphatic rings. The molecule has 1 fully saturated rings. The van der Waals surface area contributed by atoms with Crippen molar-refractivity contribution in [2.75, 3.05) is 0 Å². The lowest BCUT2D eigenvalue weighted by Crippen LogP contribution is -2.26. The summed E-state index contributed by atoms with van der Waals surface area (Å²) in [5, 5.41) is 5.81. The molecule has 0 spiro atoms. The molecule has 0 N–H and O–H groups in total. The number of fused-ring (bicyclic) bond motifs is 3. The van der Waals surface area contributed by atoms with Gasteiger partial charge in [0.05, 0.1) is 22.7 Å². The van der Waals surface area contributed by atoms with Crippen molar-refractivity contribution in [3.05, 3.63) is 89.0 Å². The van der Waals surface area contributed by atoms with Crippen LogP contribution in [-0.2, 0) is 6.42 Å². The second-order valence-electron chi connectivity index (χ2n) is 8.73. The van der Waals surface area contributed by atoms with Gasteiger partial charge in [-0.2, -0.15) is 5.10 Å². The zero-order valence-electron chi connectivity index (χ0n) is 18.3. The molecule has 7 nitrogen and oxygen atoms in total. The lowest BCUT2D eigenvalue weighted by Gasteiger charge is -2.24. The number of hydrogen-bond acceptors (Lipinski definition) is 5. The van der Waals surface area contributed by atoms with E-state index in [2.05, 4.69) is 15.1 Å². The Morgan fingerprint density at radius 3 is 2.61 bits per heavy atom. The first kappa shape index (κ1) is 19.8. The highest BCUT2D eigenvalue weighted by molar-refractivity contribution is 6.04. The van der Waals surface area contributed by atoms with E-state index in [0.717, 1.165) is 46.2 Å². The molecule has 5 aromatic rings. The van der Waals surface area contributed by atoms with Crippen LogP contribution in [0.3, 0.4) is 0 Å². The second kappa shape index (κ2) is 8.24. The van der Waals surface area contributed by atoms with E-state index >= 15 is 0 Å². The average Bonchev–Trinajstić information content (AvgIpc) is 3.41. The summed E-state index contributed by atoms with van der Waals surface area (Å²) >= 11 is 0. The topological polar surface area (TPSA) is 78.5 Å². The maximum absolute atomic E-state index is 13.5. The van der Waals surface area contributed by atoms with E-state index in [-0.39, 0.29) is 11.6 Å². The lowest BCUT2D eigenvalue weighted by atomic mass is 9.95. The Balaban J connectivity index is 1.45. The number of hydrogen-bond donors (Lipinski definition) is 0. The predicted octanol–water partition coefficient (Wildman–Crippen LogP) is 4.62. The highest BCUT2D eigenvalue weighted by Crippen LogP contribution is 2.29. The normalized spacial score (nSPS) is 14.8. The summed E-state index contributed by atoms with van der Waals surface area (Å²) in [4.78, 5) is 27.5. The Kier molecular flexibility index (Phi) is 4.94. The first-order valence-electron chi connectivity index (χ1n) is 11.5. The zero-order chi connectivity index (χ0) is 22.2. The van der Waals surface area contributed by atoms with Crippen molar-refractivity contribution < 1.29 is 0 Å². The van der Waals surface area contributed by atoms with Crippen LogP contribution in [-0.4, -0.2) is 29.3 Å². The van der Waals surface area contributed by atoms with Crippen molar-refractivity contribution in [1.82, 2.24) is 29.3 Å². The highest BCUT2D eigenvalue weighted by Gasteiger charge is 2.19. The molecular formula is C26H24N6O. The molecule has 0 radical (unpaired) electrons. The Morgan fingerprint density at radius 2 is 1.82 bits per heavy atom. The number of nitrogens with zero attached hydrogens (tertiary/aromatic N) is 6. The van der Waals surface area contributed by atoms with E-state index in [4.69, 9.17) is 4.98 Å². The van der Waals surface area contributed by atoms with Gasteiger partial charge in [-0.3, -0.25) is 14.3 Å². The Hall–Kier alpha value is -3.87. The van der Waals surface area contributed by atoms with Crippen LogP contribution >= 0.6 is 0 Å². The molecule has 6 rings (SSSR count). The van der Waals surface area contributed by atoms with Gasteiger partial charge >= 0.3 is 0 Å². The summed E-state index contributed by atoms with van der Waals surface area (Å²) in [5.74, 6) is 0.768. The molecule has 164 valence electrons. The second-order valence-corrected chi connectivity index (χ2v) is 8.73. The van der Waals surface area contributed by atoms with Crippen LogP contribution in [0.5, 0.6) is 0 Å². The number of benzene rings is 1. The molecule has 0 aliphatic heterocycles. The molecular weight excluding hydrogens is 412 g/mol. The fourth-order valence-corrected chi connectivity index (χ4v) is 4.96. The smallest absolute Gasteiger partial charge is 0.261 e. The van der Waals surface area contributed by atoms with Gasteiger partial charge in [0.25, 0.3) is 5.56 Å². The Morgan fingerprint density at radius 1 is 0.909 bits per heavy atom. The number of aromatic nitrogens is 6. The fraction of sp³-hybridized carbons (Fsp3) is 0.269. The minimum Gasteiger partial charge on any atom is -0.296 e. The SMILES string of the molecule is O=c1c2cc(Cc3ccc(-n4cccn4)nc3)c3ncccc3c2ncn1C1CCCCC1. The third kappa shape index (κ3) is 3.59. The van der Waals surface area contributed by atoms with E-state index in [9.17, 15) is 4.79 Å². The first-order valence-corrected chi connectivity index (χ1v) is 11.5. The van der Waals surface area contributed by atoms with Crippen molar-refractivity contribution >= 4 is 21.8 Å². The van der Waals surface area contributed by atoms with Gasteiger partial charge in [0.15, 0.2) is 5.82 Å². The van der Waals surface area contributed by atoms with Crippen molar-refractivity contribution in [3.8, 4) is 5.82 Å². The van der Waals surface area contributed by atoms with Crippen molar-refractivity contribution in [3.63, 3.8) is 0 Å². The molecule has 0 bridgehead atoms. The van der Waals surface area contributed by atoms with Crippen LogP contribution in [0.25, 0.3) is 27.6 Å². The quantitative estimate of drug-likeness (QED) is 0.384. The van der Waals surface area contributed by atoms with Crippen LogP contribution in [0.2, 0.25) is 0 Å². The summed E-state index contributed by atoms with van der Waals surface area (Å²) in [7, 11) is 0. The van der Waals surface area contributed by atoms with Crippen LogP contribution in [0, 0.1) is 0 Å². The summed E-state index contributed by atoms with van der Waals surface area (Å²) in [6.45, 7) is 0. The van der Waals surface area contributed by atoms with Crippen molar-refractivity contribution in [2.45, 2.75) is 44.6 Å². The molecule has 4 heterocycles. The Labute approximate surface area is 190 Å². The minimum atomic E-state index is 0.0473. The van der Waals surface area contributed by atoms with Gasteiger partial charge in [0, 0.05) is 42.6 Å². The lowest BCUT2D eigenvalue weighted by molar-refractivity contribution is 0.345. The van der Waals surface area contributed by atoms with Crippen molar-refractivity contribution in [1.29, 1.82) is 0 Å². The number of rotatable bonds is 4. The van der Waals surface area contributed by atoms with E-state index < -0.39 is 0 Å². The zero-order valence-corrected chi connectivity index (χ0v) is 18.3. The molecule has 0 amide bonds. The fourth-order valence-electron chi connectivity index (χ4n) is 4.96.